The molecule has 0 aromatic heterocycles. The van der Waals surface area contributed by atoms with Crippen molar-refractivity contribution >= 4 is 5.91 Å². The molecule has 1 aromatic carbocycles. The Morgan fingerprint density at radius 2 is 1.96 bits per heavy atom. The third kappa shape index (κ3) is 4.46. The summed E-state index contributed by atoms with van der Waals surface area (Å²) in [5.74, 6) is 1.77. The van der Waals surface area contributed by atoms with Crippen molar-refractivity contribution < 1.29 is 14.3 Å². The first-order valence-corrected chi connectivity index (χ1v) is 9.82. The number of allylic oxidation sites excluding steroid dienone is 1. The van der Waals surface area contributed by atoms with Gasteiger partial charge in [-0.15, -0.1) is 0 Å². The van der Waals surface area contributed by atoms with Gasteiger partial charge in [-0.3, -0.25) is 9.69 Å². The number of carbonyl (C=O) groups excluding carboxylic acids is 1. The molecule has 5 nitrogen and oxygen atoms in total. The molecule has 27 heavy (non-hydrogen) atoms. The van der Waals surface area contributed by atoms with Gasteiger partial charge < -0.3 is 14.4 Å². The third-order valence-corrected chi connectivity index (χ3v) is 5.78. The monoisotopic (exact) mass is 372 g/mol. The Morgan fingerprint density at radius 1 is 1.15 bits per heavy atom. The van der Waals surface area contributed by atoms with Gasteiger partial charge in [0.2, 0.25) is 5.91 Å². The average molecular weight is 373 g/mol. The first kappa shape index (κ1) is 19.7. The van der Waals surface area contributed by atoms with Gasteiger partial charge in [0, 0.05) is 43.2 Å². The number of rotatable bonds is 5. The molecule has 2 fully saturated rings. The minimum absolute atomic E-state index is 0.165. The summed E-state index contributed by atoms with van der Waals surface area (Å²) in [7, 11) is 3.37. The van der Waals surface area contributed by atoms with Crippen LogP contribution in [0, 0.1) is 5.41 Å². The summed E-state index contributed by atoms with van der Waals surface area (Å²) in [5.41, 5.74) is 2.45. The summed E-state index contributed by atoms with van der Waals surface area (Å²) < 4.78 is 11.0. The SMILES string of the molecule is COc1cccc(CN2CCC[C@@]3(CCN(C(=O)C=C(C)C)C3)C2)c1OC. The van der Waals surface area contributed by atoms with Gasteiger partial charge in [0.15, 0.2) is 11.5 Å². The van der Waals surface area contributed by atoms with Crippen molar-refractivity contribution in [1.82, 2.24) is 9.80 Å². The van der Waals surface area contributed by atoms with Crippen molar-refractivity contribution in [3.8, 4) is 11.5 Å². The molecule has 0 unspecified atom stereocenters. The highest BCUT2D eigenvalue weighted by molar-refractivity contribution is 5.88. The zero-order chi connectivity index (χ0) is 19.4. The van der Waals surface area contributed by atoms with Gasteiger partial charge >= 0.3 is 0 Å². The van der Waals surface area contributed by atoms with E-state index in [1.54, 1.807) is 20.3 Å². The molecule has 5 heteroatoms. The summed E-state index contributed by atoms with van der Waals surface area (Å²) in [6.07, 6.45) is 5.25. The number of para-hydroxylation sites is 1. The van der Waals surface area contributed by atoms with E-state index in [1.165, 1.54) is 12.8 Å². The van der Waals surface area contributed by atoms with Crippen LogP contribution in [0.25, 0.3) is 0 Å². The lowest BCUT2D eigenvalue weighted by molar-refractivity contribution is -0.125. The molecule has 0 aliphatic carbocycles. The summed E-state index contributed by atoms with van der Waals surface area (Å²) in [4.78, 5) is 17.0. The average Bonchev–Trinajstić information content (AvgIpc) is 3.04. The Balaban J connectivity index is 1.69. The quantitative estimate of drug-likeness (QED) is 0.742. The molecule has 148 valence electrons. The molecule has 1 amide bonds. The molecule has 2 aliphatic rings. The van der Waals surface area contributed by atoms with E-state index in [4.69, 9.17) is 9.47 Å². The summed E-state index contributed by atoms with van der Waals surface area (Å²) in [5, 5.41) is 0. The molecule has 2 heterocycles. The Kier molecular flexibility index (Phi) is 6.10. The number of hydrogen-bond acceptors (Lipinski definition) is 4. The van der Waals surface area contributed by atoms with E-state index in [9.17, 15) is 4.79 Å². The van der Waals surface area contributed by atoms with Crippen LogP contribution in [-0.2, 0) is 11.3 Å². The molecule has 0 radical (unpaired) electrons. The van der Waals surface area contributed by atoms with E-state index in [2.05, 4.69) is 11.0 Å². The fourth-order valence-corrected chi connectivity index (χ4v) is 4.56. The van der Waals surface area contributed by atoms with E-state index in [-0.39, 0.29) is 11.3 Å². The molecule has 2 aliphatic heterocycles. The molecule has 0 saturated carbocycles. The van der Waals surface area contributed by atoms with Gasteiger partial charge in [0.25, 0.3) is 0 Å². The minimum atomic E-state index is 0.165. The third-order valence-electron chi connectivity index (χ3n) is 5.78. The van der Waals surface area contributed by atoms with Crippen molar-refractivity contribution in [2.24, 2.45) is 5.41 Å². The van der Waals surface area contributed by atoms with Crippen LogP contribution in [0.5, 0.6) is 11.5 Å². The van der Waals surface area contributed by atoms with Crippen molar-refractivity contribution in [1.29, 1.82) is 0 Å². The van der Waals surface area contributed by atoms with Crippen LogP contribution in [0.2, 0.25) is 0 Å². The van der Waals surface area contributed by atoms with Crippen LogP contribution in [0.1, 0.15) is 38.7 Å². The second-order valence-corrected chi connectivity index (χ2v) is 8.20. The number of benzene rings is 1. The summed E-state index contributed by atoms with van der Waals surface area (Å²) >= 11 is 0. The van der Waals surface area contributed by atoms with Crippen molar-refractivity contribution in [3.63, 3.8) is 0 Å². The van der Waals surface area contributed by atoms with Gasteiger partial charge in [0.05, 0.1) is 14.2 Å². The van der Waals surface area contributed by atoms with E-state index < -0.39 is 0 Å². The molecular weight excluding hydrogens is 340 g/mol. The topological polar surface area (TPSA) is 42.0 Å². The zero-order valence-corrected chi connectivity index (χ0v) is 17.1. The number of carbonyl (C=O) groups is 1. The Hall–Kier alpha value is -2.01. The minimum Gasteiger partial charge on any atom is -0.493 e. The van der Waals surface area contributed by atoms with Crippen LogP contribution in [0.3, 0.4) is 0 Å². The lowest BCUT2D eigenvalue weighted by Crippen LogP contribution is -2.44. The first-order valence-electron chi connectivity index (χ1n) is 9.82. The Morgan fingerprint density at radius 3 is 2.67 bits per heavy atom. The fraction of sp³-hybridized carbons (Fsp3) is 0.591. The number of likely N-dealkylation sites (tertiary alicyclic amines) is 2. The zero-order valence-electron chi connectivity index (χ0n) is 17.1. The maximum atomic E-state index is 12.4. The Labute approximate surface area is 162 Å². The predicted octanol–water partition coefficient (Wildman–Crippen LogP) is 3.48. The molecular formula is C22H32N2O3. The highest BCUT2D eigenvalue weighted by Gasteiger charge is 2.42. The second kappa shape index (κ2) is 8.34. The highest BCUT2D eigenvalue weighted by Crippen LogP contribution is 2.40. The standard InChI is InChI=1S/C22H32N2O3/c1-17(2)13-20(25)24-12-10-22(16-24)9-6-11-23(15-22)14-18-7-5-8-19(26-3)21(18)27-4/h5,7-8,13H,6,9-12,14-16H2,1-4H3/t22-/m1/s1. The van der Waals surface area contributed by atoms with Crippen LogP contribution in [0.15, 0.2) is 29.8 Å². The van der Waals surface area contributed by atoms with Crippen molar-refractivity contribution in [2.75, 3.05) is 40.4 Å². The van der Waals surface area contributed by atoms with E-state index in [1.807, 2.05) is 30.9 Å². The summed E-state index contributed by atoms with van der Waals surface area (Å²) in [6.45, 7) is 8.68. The fourth-order valence-electron chi connectivity index (χ4n) is 4.56. The molecule has 1 spiro atoms. The number of amides is 1. The number of nitrogens with zero attached hydrogens (tertiary/aromatic N) is 2. The maximum Gasteiger partial charge on any atom is 0.246 e. The number of hydrogen-bond donors (Lipinski definition) is 0. The largest absolute Gasteiger partial charge is 0.493 e. The van der Waals surface area contributed by atoms with E-state index >= 15 is 0 Å². The van der Waals surface area contributed by atoms with Gasteiger partial charge in [-0.05, 0) is 45.7 Å². The smallest absolute Gasteiger partial charge is 0.246 e. The number of methoxy groups -OCH3 is 2. The molecule has 2 saturated heterocycles. The normalized spacial score (nSPS) is 22.7. The highest BCUT2D eigenvalue weighted by atomic mass is 16.5. The molecule has 1 atom stereocenters. The molecule has 0 N–H and O–H groups in total. The maximum absolute atomic E-state index is 12.4. The second-order valence-electron chi connectivity index (χ2n) is 8.20. The van der Waals surface area contributed by atoms with Gasteiger partial charge in [-0.1, -0.05) is 17.7 Å². The van der Waals surface area contributed by atoms with Crippen LogP contribution >= 0.6 is 0 Å². The van der Waals surface area contributed by atoms with Gasteiger partial charge in [-0.2, -0.15) is 0 Å². The number of piperidine rings is 1. The van der Waals surface area contributed by atoms with Crippen molar-refractivity contribution in [3.05, 3.63) is 35.4 Å². The molecule has 3 rings (SSSR count). The molecule has 1 aromatic rings. The van der Waals surface area contributed by atoms with Crippen LogP contribution < -0.4 is 9.47 Å². The van der Waals surface area contributed by atoms with E-state index in [0.29, 0.717) is 0 Å². The lowest BCUT2D eigenvalue weighted by atomic mass is 9.79. The summed E-state index contributed by atoms with van der Waals surface area (Å²) in [6, 6.07) is 6.07. The van der Waals surface area contributed by atoms with Gasteiger partial charge in [0.1, 0.15) is 0 Å². The van der Waals surface area contributed by atoms with Crippen molar-refractivity contribution in [2.45, 2.75) is 39.7 Å². The lowest BCUT2D eigenvalue weighted by Gasteiger charge is -2.40. The molecule has 0 bridgehead atoms. The Bertz CT molecular complexity index is 712. The van der Waals surface area contributed by atoms with Crippen LogP contribution in [-0.4, -0.2) is 56.1 Å². The first-order chi connectivity index (χ1) is 13.0. The van der Waals surface area contributed by atoms with E-state index in [0.717, 1.165) is 61.8 Å². The number of ether oxygens (including phenoxy) is 2. The van der Waals surface area contributed by atoms with Crippen LogP contribution in [0.4, 0.5) is 0 Å². The predicted molar refractivity (Wildman–Crippen MR) is 107 cm³/mol. The van der Waals surface area contributed by atoms with Gasteiger partial charge in [-0.25, -0.2) is 0 Å².